The molecular weight excluding hydrogens is 408 g/mol. The van der Waals surface area contributed by atoms with Crippen molar-refractivity contribution in [2.24, 2.45) is 0 Å². The zero-order valence-electron chi connectivity index (χ0n) is 14.1. The van der Waals surface area contributed by atoms with E-state index in [1.807, 2.05) is 12.1 Å². The molecule has 2 aromatic carbocycles. The predicted molar refractivity (Wildman–Crippen MR) is 100 cm³/mol. The standard InChI is InChI=1S/C17H19BrN2O4S/c1-12-4-9-15(25(22,23)20(2)3)10-16(12)19-17(21)11-24-14-7-5-13(18)6-8-14/h4-10H,11H2,1-3H3,(H,19,21). The van der Waals surface area contributed by atoms with Crippen LogP contribution >= 0.6 is 15.9 Å². The molecule has 0 aliphatic carbocycles. The number of amides is 1. The van der Waals surface area contributed by atoms with Gasteiger partial charge in [-0.3, -0.25) is 4.79 Å². The molecule has 6 nitrogen and oxygen atoms in total. The molecule has 0 saturated heterocycles. The van der Waals surface area contributed by atoms with Crippen molar-refractivity contribution in [2.75, 3.05) is 26.0 Å². The molecule has 134 valence electrons. The van der Waals surface area contributed by atoms with E-state index in [1.165, 1.54) is 26.2 Å². The Morgan fingerprint density at radius 3 is 2.40 bits per heavy atom. The van der Waals surface area contributed by atoms with Gasteiger partial charge in [-0.25, -0.2) is 12.7 Å². The zero-order valence-corrected chi connectivity index (χ0v) is 16.5. The summed E-state index contributed by atoms with van der Waals surface area (Å²) in [4.78, 5) is 12.2. The van der Waals surface area contributed by atoms with Gasteiger partial charge in [0, 0.05) is 24.3 Å². The average Bonchev–Trinajstić information content (AvgIpc) is 2.56. The maximum Gasteiger partial charge on any atom is 0.262 e. The fourth-order valence-electron chi connectivity index (χ4n) is 1.97. The fraction of sp³-hybridized carbons (Fsp3) is 0.235. The molecule has 0 bridgehead atoms. The van der Waals surface area contributed by atoms with Gasteiger partial charge in [0.15, 0.2) is 6.61 Å². The Labute approximate surface area is 156 Å². The van der Waals surface area contributed by atoms with E-state index in [2.05, 4.69) is 21.2 Å². The second-order valence-corrected chi connectivity index (χ2v) is 8.62. The lowest BCUT2D eigenvalue weighted by Crippen LogP contribution is -2.23. The Morgan fingerprint density at radius 2 is 1.80 bits per heavy atom. The molecule has 8 heteroatoms. The number of hydrogen-bond acceptors (Lipinski definition) is 4. The molecule has 2 rings (SSSR count). The van der Waals surface area contributed by atoms with Crippen molar-refractivity contribution in [3.05, 3.63) is 52.5 Å². The van der Waals surface area contributed by atoms with Gasteiger partial charge in [-0.1, -0.05) is 22.0 Å². The van der Waals surface area contributed by atoms with Crippen LogP contribution in [-0.4, -0.2) is 39.3 Å². The smallest absolute Gasteiger partial charge is 0.262 e. The number of aryl methyl sites for hydroxylation is 1. The summed E-state index contributed by atoms with van der Waals surface area (Å²) >= 11 is 3.32. The van der Waals surface area contributed by atoms with Crippen molar-refractivity contribution >= 4 is 37.5 Å². The first kappa shape index (κ1) is 19.4. The Bertz CT molecular complexity index is 865. The summed E-state index contributed by atoms with van der Waals surface area (Å²) in [5.41, 5.74) is 1.20. The minimum Gasteiger partial charge on any atom is -0.484 e. The van der Waals surface area contributed by atoms with Crippen LogP contribution in [0.3, 0.4) is 0 Å². The number of carbonyl (C=O) groups is 1. The molecular formula is C17H19BrN2O4S. The van der Waals surface area contributed by atoms with Crippen LogP contribution in [0.2, 0.25) is 0 Å². The van der Waals surface area contributed by atoms with Gasteiger partial charge < -0.3 is 10.1 Å². The van der Waals surface area contributed by atoms with Crippen molar-refractivity contribution in [1.82, 2.24) is 4.31 Å². The summed E-state index contributed by atoms with van der Waals surface area (Å²) < 4.78 is 31.9. The third kappa shape index (κ3) is 5.04. The van der Waals surface area contributed by atoms with Gasteiger partial charge in [-0.05, 0) is 48.9 Å². The number of carbonyl (C=O) groups excluding carboxylic acids is 1. The summed E-state index contributed by atoms with van der Waals surface area (Å²) in [5.74, 6) is 0.199. The Hall–Kier alpha value is -1.90. The predicted octanol–water partition coefficient (Wildman–Crippen LogP) is 3.03. The van der Waals surface area contributed by atoms with E-state index in [-0.39, 0.29) is 17.4 Å². The molecule has 0 saturated carbocycles. The zero-order chi connectivity index (χ0) is 18.6. The SMILES string of the molecule is Cc1ccc(S(=O)(=O)N(C)C)cc1NC(=O)COc1ccc(Br)cc1. The molecule has 2 aromatic rings. The highest BCUT2D eigenvalue weighted by Gasteiger charge is 2.18. The van der Waals surface area contributed by atoms with Crippen LogP contribution in [0, 0.1) is 6.92 Å². The lowest BCUT2D eigenvalue weighted by Gasteiger charge is -2.14. The summed E-state index contributed by atoms with van der Waals surface area (Å²) in [7, 11) is -0.649. The molecule has 0 unspecified atom stereocenters. The lowest BCUT2D eigenvalue weighted by molar-refractivity contribution is -0.118. The second-order valence-electron chi connectivity index (χ2n) is 5.55. The van der Waals surface area contributed by atoms with Crippen LogP contribution < -0.4 is 10.1 Å². The molecule has 0 aliphatic rings. The number of halogens is 1. The van der Waals surface area contributed by atoms with E-state index in [9.17, 15) is 13.2 Å². The topological polar surface area (TPSA) is 75.7 Å². The third-order valence-electron chi connectivity index (χ3n) is 3.45. The van der Waals surface area contributed by atoms with Gasteiger partial charge in [0.1, 0.15) is 5.75 Å². The number of rotatable bonds is 6. The van der Waals surface area contributed by atoms with E-state index < -0.39 is 10.0 Å². The fourth-order valence-corrected chi connectivity index (χ4v) is 3.17. The molecule has 0 aliphatic heterocycles. The summed E-state index contributed by atoms with van der Waals surface area (Å²) in [6, 6.07) is 11.7. The first-order valence-corrected chi connectivity index (χ1v) is 9.65. The van der Waals surface area contributed by atoms with Crippen LogP contribution in [0.5, 0.6) is 5.75 Å². The number of ether oxygens (including phenoxy) is 1. The van der Waals surface area contributed by atoms with E-state index in [0.29, 0.717) is 11.4 Å². The largest absolute Gasteiger partial charge is 0.484 e. The minimum absolute atomic E-state index is 0.118. The van der Waals surface area contributed by atoms with Crippen LogP contribution in [0.25, 0.3) is 0 Å². The Kier molecular flexibility index (Phi) is 6.21. The van der Waals surface area contributed by atoms with Gasteiger partial charge in [-0.15, -0.1) is 0 Å². The summed E-state index contributed by atoms with van der Waals surface area (Å²) in [6.45, 7) is 1.61. The van der Waals surface area contributed by atoms with Crippen LogP contribution in [0.15, 0.2) is 51.8 Å². The molecule has 1 amide bonds. The monoisotopic (exact) mass is 426 g/mol. The van der Waals surface area contributed by atoms with Crippen LogP contribution in [0.4, 0.5) is 5.69 Å². The first-order valence-electron chi connectivity index (χ1n) is 7.41. The molecule has 1 N–H and O–H groups in total. The summed E-state index contributed by atoms with van der Waals surface area (Å²) in [5, 5.41) is 2.69. The molecule has 0 radical (unpaired) electrons. The molecule has 0 heterocycles. The number of sulfonamides is 1. The minimum atomic E-state index is -3.56. The van der Waals surface area contributed by atoms with Crippen molar-refractivity contribution in [1.29, 1.82) is 0 Å². The van der Waals surface area contributed by atoms with Crippen LogP contribution in [-0.2, 0) is 14.8 Å². The maximum atomic E-state index is 12.2. The number of hydrogen-bond donors (Lipinski definition) is 1. The average molecular weight is 427 g/mol. The van der Waals surface area contributed by atoms with E-state index in [0.717, 1.165) is 14.3 Å². The van der Waals surface area contributed by atoms with Crippen molar-refractivity contribution in [2.45, 2.75) is 11.8 Å². The highest BCUT2D eigenvalue weighted by atomic mass is 79.9. The number of nitrogens with one attached hydrogen (secondary N) is 1. The van der Waals surface area contributed by atoms with Gasteiger partial charge in [-0.2, -0.15) is 0 Å². The van der Waals surface area contributed by atoms with E-state index >= 15 is 0 Å². The second kappa shape index (κ2) is 7.99. The summed E-state index contributed by atoms with van der Waals surface area (Å²) in [6.07, 6.45) is 0. The Morgan fingerprint density at radius 1 is 1.16 bits per heavy atom. The molecule has 0 fully saturated rings. The van der Waals surface area contributed by atoms with Crippen LogP contribution in [0.1, 0.15) is 5.56 Å². The van der Waals surface area contributed by atoms with Crippen molar-refractivity contribution in [3.63, 3.8) is 0 Å². The highest BCUT2D eigenvalue weighted by Crippen LogP contribution is 2.22. The van der Waals surface area contributed by atoms with Gasteiger partial charge in [0.05, 0.1) is 4.90 Å². The number of anilines is 1. The van der Waals surface area contributed by atoms with Gasteiger partial charge >= 0.3 is 0 Å². The Balaban J connectivity index is 2.08. The first-order chi connectivity index (χ1) is 11.7. The quantitative estimate of drug-likeness (QED) is 0.769. The number of benzene rings is 2. The van der Waals surface area contributed by atoms with E-state index in [1.54, 1.807) is 25.1 Å². The molecule has 0 atom stereocenters. The lowest BCUT2D eigenvalue weighted by atomic mass is 10.2. The third-order valence-corrected chi connectivity index (χ3v) is 5.79. The molecule has 25 heavy (non-hydrogen) atoms. The number of nitrogens with zero attached hydrogens (tertiary/aromatic N) is 1. The van der Waals surface area contributed by atoms with Crippen molar-refractivity contribution < 1.29 is 17.9 Å². The van der Waals surface area contributed by atoms with E-state index in [4.69, 9.17) is 4.74 Å². The molecule has 0 spiro atoms. The highest BCUT2D eigenvalue weighted by molar-refractivity contribution is 9.10. The maximum absolute atomic E-state index is 12.2. The molecule has 0 aromatic heterocycles. The van der Waals surface area contributed by atoms with Gasteiger partial charge in [0.25, 0.3) is 5.91 Å². The van der Waals surface area contributed by atoms with Crippen molar-refractivity contribution in [3.8, 4) is 5.75 Å². The normalized spacial score (nSPS) is 11.4. The van der Waals surface area contributed by atoms with Gasteiger partial charge in [0.2, 0.25) is 10.0 Å².